The normalized spacial score (nSPS) is 10.3. The molecule has 0 atom stereocenters. The standard InChI is InChI=1S/C8H9N5OS2/c1-2-14-6-11-5(9)12-7(13-6)16-8-10-3-4-15-8/h3-4H,2H2,1H3,(H2,9,11,12,13). The van der Waals surface area contributed by atoms with Gasteiger partial charge < -0.3 is 10.5 Å². The average molecular weight is 255 g/mol. The first-order chi connectivity index (χ1) is 7.78. The smallest absolute Gasteiger partial charge is 0.322 e. The minimum atomic E-state index is 0.150. The molecule has 0 saturated heterocycles. The van der Waals surface area contributed by atoms with Crippen molar-refractivity contribution in [3.8, 4) is 6.01 Å². The van der Waals surface area contributed by atoms with Crippen LogP contribution in [-0.4, -0.2) is 26.5 Å². The predicted molar refractivity (Wildman–Crippen MR) is 61.6 cm³/mol. The third-order valence-corrected chi connectivity index (χ3v) is 3.22. The van der Waals surface area contributed by atoms with E-state index in [1.807, 2.05) is 12.3 Å². The Bertz CT molecular complexity index is 461. The number of nitrogen functional groups attached to an aromatic ring is 1. The molecule has 2 N–H and O–H groups in total. The molecule has 0 radical (unpaired) electrons. The Morgan fingerprint density at radius 2 is 2.31 bits per heavy atom. The summed E-state index contributed by atoms with van der Waals surface area (Å²) in [6.07, 6.45) is 1.72. The molecule has 84 valence electrons. The Labute approximate surface area is 100 Å². The molecule has 0 aliphatic carbocycles. The molecule has 0 aliphatic rings. The van der Waals surface area contributed by atoms with Crippen molar-refractivity contribution in [3.05, 3.63) is 11.6 Å². The third-order valence-electron chi connectivity index (χ3n) is 1.47. The van der Waals surface area contributed by atoms with Crippen LogP contribution >= 0.6 is 23.1 Å². The molecule has 0 bridgehead atoms. The second-order valence-corrected chi connectivity index (χ2v) is 4.70. The minimum absolute atomic E-state index is 0.150. The summed E-state index contributed by atoms with van der Waals surface area (Å²) >= 11 is 2.85. The molecule has 2 aromatic rings. The molecule has 0 fully saturated rings. The van der Waals surface area contributed by atoms with Crippen molar-refractivity contribution < 1.29 is 4.74 Å². The molecular weight excluding hydrogens is 246 g/mol. The largest absolute Gasteiger partial charge is 0.464 e. The van der Waals surface area contributed by atoms with E-state index >= 15 is 0 Å². The number of anilines is 1. The Hall–Kier alpha value is -1.41. The van der Waals surface area contributed by atoms with Gasteiger partial charge in [-0.1, -0.05) is 0 Å². The van der Waals surface area contributed by atoms with Gasteiger partial charge in [0.1, 0.15) is 0 Å². The van der Waals surface area contributed by atoms with Crippen LogP contribution in [0.15, 0.2) is 21.1 Å². The van der Waals surface area contributed by atoms with Gasteiger partial charge in [-0.25, -0.2) is 4.98 Å². The number of nitrogens with zero attached hydrogens (tertiary/aromatic N) is 4. The lowest BCUT2D eigenvalue weighted by Gasteiger charge is -2.02. The number of hydrogen-bond acceptors (Lipinski definition) is 8. The topological polar surface area (TPSA) is 86.8 Å². The zero-order valence-electron chi connectivity index (χ0n) is 8.45. The summed E-state index contributed by atoms with van der Waals surface area (Å²) < 4.78 is 6.03. The highest BCUT2D eigenvalue weighted by Crippen LogP contribution is 2.27. The third kappa shape index (κ3) is 2.80. The molecule has 0 aromatic carbocycles. The van der Waals surface area contributed by atoms with Gasteiger partial charge in [-0.15, -0.1) is 11.3 Å². The maximum absolute atomic E-state index is 5.55. The van der Waals surface area contributed by atoms with Gasteiger partial charge in [0, 0.05) is 11.6 Å². The van der Waals surface area contributed by atoms with Crippen LogP contribution in [0.3, 0.4) is 0 Å². The SMILES string of the molecule is CCOc1nc(N)nc(Sc2nccs2)n1. The lowest BCUT2D eigenvalue weighted by Crippen LogP contribution is -2.04. The molecule has 2 heterocycles. The van der Waals surface area contributed by atoms with E-state index in [1.54, 1.807) is 6.20 Å². The highest BCUT2D eigenvalue weighted by molar-refractivity contribution is 8.00. The second kappa shape index (κ2) is 5.08. The van der Waals surface area contributed by atoms with Crippen LogP contribution in [-0.2, 0) is 0 Å². The van der Waals surface area contributed by atoms with Crippen LogP contribution in [0.1, 0.15) is 6.92 Å². The molecule has 0 saturated carbocycles. The number of aromatic nitrogens is 4. The molecule has 6 nitrogen and oxygen atoms in total. The zero-order chi connectivity index (χ0) is 11.4. The summed E-state index contributed by atoms with van der Waals surface area (Å²) in [7, 11) is 0. The molecule has 0 unspecified atom stereocenters. The summed E-state index contributed by atoms with van der Waals surface area (Å²) in [5, 5.41) is 2.38. The maximum atomic E-state index is 5.55. The van der Waals surface area contributed by atoms with E-state index in [9.17, 15) is 0 Å². The summed E-state index contributed by atoms with van der Waals surface area (Å²) in [5.74, 6) is 0.150. The van der Waals surface area contributed by atoms with Crippen molar-refractivity contribution in [1.82, 2.24) is 19.9 Å². The van der Waals surface area contributed by atoms with Gasteiger partial charge in [0.25, 0.3) is 0 Å². The highest BCUT2D eigenvalue weighted by Gasteiger charge is 2.08. The van der Waals surface area contributed by atoms with Crippen LogP contribution in [0.4, 0.5) is 5.95 Å². The maximum Gasteiger partial charge on any atom is 0.322 e. The Morgan fingerprint density at radius 1 is 1.44 bits per heavy atom. The summed E-state index contributed by atoms with van der Waals surface area (Å²) in [6, 6.07) is 0.244. The van der Waals surface area contributed by atoms with E-state index < -0.39 is 0 Å². The van der Waals surface area contributed by atoms with Gasteiger partial charge in [-0.3, -0.25) is 0 Å². The van der Waals surface area contributed by atoms with Gasteiger partial charge in [-0.05, 0) is 18.7 Å². The predicted octanol–water partition coefficient (Wildman–Crippen LogP) is 1.46. The van der Waals surface area contributed by atoms with E-state index in [0.29, 0.717) is 11.8 Å². The highest BCUT2D eigenvalue weighted by atomic mass is 32.2. The first-order valence-electron chi connectivity index (χ1n) is 4.49. The summed E-state index contributed by atoms with van der Waals surface area (Å²) in [4.78, 5) is 16.1. The van der Waals surface area contributed by atoms with Gasteiger partial charge >= 0.3 is 6.01 Å². The first-order valence-corrected chi connectivity index (χ1v) is 6.19. The van der Waals surface area contributed by atoms with E-state index in [4.69, 9.17) is 10.5 Å². The fourth-order valence-corrected chi connectivity index (χ4v) is 2.41. The molecule has 0 amide bonds. The lowest BCUT2D eigenvalue weighted by atomic mass is 10.8. The number of thiazole rings is 1. The number of hydrogen-bond donors (Lipinski definition) is 1. The van der Waals surface area contributed by atoms with Crippen molar-refractivity contribution in [1.29, 1.82) is 0 Å². The molecule has 2 rings (SSSR count). The zero-order valence-corrected chi connectivity index (χ0v) is 10.1. The van der Waals surface area contributed by atoms with E-state index in [1.165, 1.54) is 23.1 Å². The monoisotopic (exact) mass is 255 g/mol. The van der Waals surface area contributed by atoms with Crippen molar-refractivity contribution in [2.45, 2.75) is 16.4 Å². The van der Waals surface area contributed by atoms with Crippen LogP contribution in [0.25, 0.3) is 0 Å². The molecule has 2 aromatic heterocycles. The Balaban J connectivity index is 2.20. The van der Waals surface area contributed by atoms with Crippen molar-refractivity contribution in [2.24, 2.45) is 0 Å². The minimum Gasteiger partial charge on any atom is -0.464 e. The van der Waals surface area contributed by atoms with Gasteiger partial charge in [0.2, 0.25) is 11.1 Å². The van der Waals surface area contributed by atoms with Gasteiger partial charge in [0.15, 0.2) is 4.34 Å². The van der Waals surface area contributed by atoms with Gasteiger partial charge in [0.05, 0.1) is 6.61 Å². The van der Waals surface area contributed by atoms with Crippen LogP contribution in [0.5, 0.6) is 6.01 Å². The molecule has 0 aliphatic heterocycles. The van der Waals surface area contributed by atoms with Crippen molar-refractivity contribution >= 4 is 29.0 Å². The summed E-state index contributed by atoms with van der Waals surface area (Å²) in [5.41, 5.74) is 5.55. The first kappa shape index (κ1) is 11.1. The van der Waals surface area contributed by atoms with Gasteiger partial charge in [-0.2, -0.15) is 15.0 Å². The number of nitrogens with two attached hydrogens (primary N) is 1. The lowest BCUT2D eigenvalue weighted by molar-refractivity contribution is 0.308. The second-order valence-electron chi connectivity index (χ2n) is 2.59. The molecular formula is C8H9N5OS2. The van der Waals surface area contributed by atoms with Crippen molar-refractivity contribution in [3.63, 3.8) is 0 Å². The average Bonchev–Trinajstić information content (AvgIpc) is 2.70. The van der Waals surface area contributed by atoms with Crippen LogP contribution < -0.4 is 10.5 Å². The van der Waals surface area contributed by atoms with Crippen LogP contribution in [0.2, 0.25) is 0 Å². The van der Waals surface area contributed by atoms with E-state index in [0.717, 1.165) is 4.34 Å². The molecule has 16 heavy (non-hydrogen) atoms. The van der Waals surface area contributed by atoms with Crippen molar-refractivity contribution in [2.75, 3.05) is 12.3 Å². The Morgan fingerprint density at radius 3 is 3.00 bits per heavy atom. The van der Waals surface area contributed by atoms with E-state index in [2.05, 4.69) is 19.9 Å². The quantitative estimate of drug-likeness (QED) is 0.884. The van der Waals surface area contributed by atoms with Crippen LogP contribution in [0, 0.1) is 0 Å². The molecule has 0 spiro atoms. The fourth-order valence-electron chi connectivity index (χ4n) is 0.931. The number of ether oxygens (including phenoxy) is 1. The molecule has 8 heteroatoms. The Kier molecular flexibility index (Phi) is 3.52. The summed E-state index contributed by atoms with van der Waals surface area (Å²) in [6.45, 7) is 2.35. The number of rotatable bonds is 4. The van der Waals surface area contributed by atoms with E-state index in [-0.39, 0.29) is 12.0 Å². The fraction of sp³-hybridized carbons (Fsp3) is 0.250.